The molecule has 1 aromatic rings. The predicted molar refractivity (Wildman–Crippen MR) is 79.8 cm³/mol. The summed E-state index contributed by atoms with van der Waals surface area (Å²) < 4.78 is 5.36. The minimum atomic E-state index is 0.598. The molecule has 1 aliphatic rings. The highest BCUT2D eigenvalue weighted by molar-refractivity contribution is 7.99. The zero-order valence-electron chi connectivity index (χ0n) is 10.9. The maximum absolute atomic E-state index is 6.24. The Kier molecular flexibility index (Phi) is 5.22. The van der Waals surface area contributed by atoms with Crippen LogP contribution in [0.1, 0.15) is 24.8 Å². The summed E-state index contributed by atoms with van der Waals surface area (Å²) in [5.74, 6) is 0.869. The molecular weight excluding hydrogens is 266 g/mol. The number of nitrogens with one attached hydrogen (secondary N) is 1. The van der Waals surface area contributed by atoms with Gasteiger partial charge in [0.25, 0.3) is 0 Å². The molecule has 2 atom stereocenters. The average Bonchev–Trinajstić information content (AvgIpc) is 2.84. The van der Waals surface area contributed by atoms with Gasteiger partial charge in [-0.2, -0.15) is 11.8 Å². The Balaban J connectivity index is 2.01. The van der Waals surface area contributed by atoms with Gasteiger partial charge in [0.1, 0.15) is 5.75 Å². The van der Waals surface area contributed by atoms with Gasteiger partial charge >= 0.3 is 0 Å². The fraction of sp³-hybridized carbons (Fsp3) is 0.571. The first kappa shape index (κ1) is 14.0. The second-order valence-electron chi connectivity index (χ2n) is 4.61. The van der Waals surface area contributed by atoms with Crippen molar-refractivity contribution in [2.24, 2.45) is 0 Å². The number of ether oxygens (including phenoxy) is 1. The topological polar surface area (TPSA) is 21.3 Å². The van der Waals surface area contributed by atoms with Crippen molar-refractivity contribution in [3.63, 3.8) is 0 Å². The molecule has 2 nitrogen and oxygen atoms in total. The third kappa shape index (κ3) is 3.14. The van der Waals surface area contributed by atoms with E-state index >= 15 is 0 Å². The number of benzene rings is 1. The van der Waals surface area contributed by atoms with Gasteiger partial charge in [-0.25, -0.2) is 0 Å². The highest BCUT2D eigenvalue weighted by Gasteiger charge is 2.26. The molecule has 0 aliphatic heterocycles. The van der Waals surface area contributed by atoms with Crippen molar-refractivity contribution >= 4 is 23.4 Å². The maximum atomic E-state index is 6.24. The second kappa shape index (κ2) is 6.69. The van der Waals surface area contributed by atoms with Crippen LogP contribution in [0, 0.1) is 0 Å². The maximum Gasteiger partial charge on any atom is 0.124 e. The Morgan fingerprint density at radius 2 is 2.28 bits per heavy atom. The van der Waals surface area contributed by atoms with Crippen LogP contribution in [-0.2, 0) is 6.54 Å². The lowest BCUT2D eigenvalue weighted by Gasteiger charge is -2.20. The van der Waals surface area contributed by atoms with Crippen molar-refractivity contribution in [1.29, 1.82) is 0 Å². The highest BCUT2D eigenvalue weighted by Crippen LogP contribution is 2.30. The molecule has 1 N–H and O–H groups in total. The minimum Gasteiger partial charge on any atom is -0.496 e. The van der Waals surface area contributed by atoms with E-state index in [2.05, 4.69) is 11.6 Å². The van der Waals surface area contributed by atoms with Crippen LogP contribution in [0.3, 0.4) is 0 Å². The van der Waals surface area contributed by atoms with Gasteiger partial charge in [-0.1, -0.05) is 24.1 Å². The molecule has 1 aromatic carbocycles. The van der Waals surface area contributed by atoms with E-state index in [0.717, 1.165) is 28.1 Å². The monoisotopic (exact) mass is 285 g/mol. The molecule has 0 spiro atoms. The van der Waals surface area contributed by atoms with Crippen LogP contribution in [0.5, 0.6) is 5.75 Å². The van der Waals surface area contributed by atoms with Crippen molar-refractivity contribution in [1.82, 2.24) is 5.32 Å². The van der Waals surface area contributed by atoms with Gasteiger partial charge in [-0.3, -0.25) is 0 Å². The number of rotatable bonds is 5. The SMILES string of the molecule is COc1cccc(Cl)c1CNC1CCCC1SC. The number of halogens is 1. The Morgan fingerprint density at radius 1 is 1.44 bits per heavy atom. The summed E-state index contributed by atoms with van der Waals surface area (Å²) in [7, 11) is 1.69. The molecule has 0 aromatic heterocycles. The van der Waals surface area contributed by atoms with Crippen molar-refractivity contribution in [2.45, 2.75) is 37.1 Å². The van der Waals surface area contributed by atoms with Crippen molar-refractivity contribution < 1.29 is 4.74 Å². The summed E-state index contributed by atoms with van der Waals surface area (Å²) in [5, 5.41) is 5.14. The van der Waals surface area contributed by atoms with Crippen molar-refractivity contribution in [3.05, 3.63) is 28.8 Å². The molecule has 0 amide bonds. The van der Waals surface area contributed by atoms with Crippen LogP contribution >= 0.6 is 23.4 Å². The first-order valence-electron chi connectivity index (χ1n) is 6.33. The van der Waals surface area contributed by atoms with Gasteiger partial charge in [0.15, 0.2) is 0 Å². The van der Waals surface area contributed by atoms with E-state index in [9.17, 15) is 0 Å². The van der Waals surface area contributed by atoms with Crippen LogP contribution in [0.25, 0.3) is 0 Å². The zero-order valence-corrected chi connectivity index (χ0v) is 12.5. The van der Waals surface area contributed by atoms with E-state index in [1.807, 2.05) is 30.0 Å². The van der Waals surface area contributed by atoms with Crippen LogP contribution in [0.15, 0.2) is 18.2 Å². The molecule has 0 bridgehead atoms. The van der Waals surface area contributed by atoms with E-state index in [0.29, 0.717) is 6.04 Å². The lowest BCUT2D eigenvalue weighted by Crippen LogP contribution is -2.33. The van der Waals surface area contributed by atoms with Gasteiger partial charge < -0.3 is 10.1 Å². The van der Waals surface area contributed by atoms with Gasteiger partial charge in [0.2, 0.25) is 0 Å². The summed E-state index contributed by atoms with van der Waals surface area (Å²) in [5.41, 5.74) is 1.06. The molecule has 4 heteroatoms. The average molecular weight is 286 g/mol. The smallest absolute Gasteiger partial charge is 0.124 e. The molecular formula is C14H20ClNOS. The molecule has 2 unspecified atom stereocenters. The first-order valence-corrected chi connectivity index (χ1v) is 8.00. The molecule has 0 radical (unpaired) electrons. The number of methoxy groups -OCH3 is 1. The van der Waals surface area contributed by atoms with E-state index in [1.54, 1.807) is 7.11 Å². The Hall–Kier alpha value is -0.380. The molecule has 0 saturated heterocycles. The molecule has 1 aliphatic carbocycles. The van der Waals surface area contributed by atoms with Gasteiger partial charge in [-0.15, -0.1) is 0 Å². The van der Waals surface area contributed by atoms with Crippen LogP contribution in [0.4, 0.5) is 0 Å². The molecule has 2 rings (SSSR count). The van der Waals surface area contributed by atoms with E-state index < -0.39 is 0 Å². The third-order valence-corrected chi connectivity index (χ3v) is 5.12. The fourth-order valence-electron chi connectivity index (χ4n) is 2.58. The number of hydrogen-bond donors (Lipinski definition) is 1. The normalized spacial score (nSPS) is 23.3. The summed E-state index contributed by atoms with van der Waals surface area (Å²) in [6, 6.07) is 6.40. The second-order valence-corrected chi connectivity index (χ2v) is 6.10. The summed E-state index contributed by atoms with van der Waals surface area (Å²) in [6.45, 7) is 0.782. The van der Waals surface area contributed by atoms with Crippen LogP contribution < -0.4 is 10.1 Å². The number of thioether (sulfide) groups is 1. The van der Waals surface area contributed by atoms with Crippen LogP contribution in [-0.4, -0.2) is 24.7 Å². The molecule has 0 heterocycles. The minimum absolute atomic E-state index is 0.598. The quantitative estimate of drug-likeness (QED) is 0.891. The van der Waals surface area contributed by atoms with Crippen molar-refractivity contribution in [2.75, 3.05) is 13.4 Å². The Labute approximate surface area is 118 Å². The fourth-order valence-corrected chi connectivity index (χ4v) is 3.77. The van der Waals surface area contributed by atoms with Gasteiger partial charge in [-0.05, 0) is 31.2 Å². The number of hydrogen-bond acceptors (Lipinski definition) is 3. The van der Waals surface area contributed by atoms with E-state index in [4.69, 9.17) is 16.3 Å². The van der Waals surface area contributed by atoms with Gasteiger partial charge in [0.05, 0.1) is 7.11 Å². The van der Waals surface area contributed by atoms with E-state index in [-0.39, 0.29) is 0 Å². The highest BCUT2D eigenvalue weighted by atomic mass is 35.5. The summed E-state index contributed by atoms with van der Waals surface area (Å²) in [4.78, 5) is 0. The van der Waals surface area contributed by atoms with Crippen molar-refractivity contribution in [3.8, 4) is 5.75 Å². The summed E-state index contributed by atoms with van der Waals surface area (Å²) >= 11 is 8.20. The predicted octanol–water partition coefficient (Wildman–Crippen LogP) is 3.72. The molecule has 1 saturated carbocycles. The van der Waals surface area contributed by atoms with Gasteiger partial charge in [0, 0.05) is 28.4 Å². The largest absolute Gasteiger partial charge is 0.496 e. The molecule has 18 heavy (non-hydrogen) atoms. The van der Waals surface area contributed by atoms with Crippen LogP contribution in [0.2, 0.25) is 5.02 Å². The Bertz CT molecular complexity index is 399. The summed E-state index contributed by atoms with van der Waals surface area (Å²) in [6.07, 6.45) is 6.10. The van der Waals surface area contributed by atoms with E-state index in [1.165, 1.54) is 19.3 Å². The Morgan fingerprint density at radius 3 is 3.00 bits per heavy atom. The molecule has 1 fully saturated rings. The molecule has 100 valence electrons. The zero-order chi connectivity index (χ0) is 13.0. The third-order valence-electron chi connectivity index (χ3n) is 3.59. The first-order chi connectivity index (χ1) is 8.76. The lowest BCUT2D eigenvalue weighted by atomic mass is 10.1. The standard InChI is InChI=1S/C14H20ClNOS/c1-17-13-7-3-5-11(15)10(13)9-16-12-6-4-8-14(12)18-2/h3,5,7,12,14,16H,4,6,8-9H2,1-2H3. The lowest BCUT2D eigenvalue weighted by molar-refractivity contribution is 0.405.